The van der Waals surface area contributed by atoms with Gasteiger partial charge in [0, 0.05) is 36.7 Å². The first kappa shape index (κ1) is 17.0. The van der Waals surface area contributed by atoms with E-state index in [2.05, 4.69) is 10.4 Å². The second kappa shape index (κ2) is 5.66. The minimum Gasteiger partial charge on any atom is -0.378 e. The molecule has 1 aromatic heterocycles. The minimum atomic E-state index is -0.892. The van der Waals surface area contributed by atoms with Crippen LogP contribution in [-0.2, 0) is 16.6 Å². The summed E-state index contributed by atoms with van der Waals surface area (Å²) in [5.41, 5.74) is 7.18. The topological polar surface area (TPSA) is 82.2 Å². The van der Waals surface area contributed by atoms with Crippen molar-refractivity contribution in [3.8, 4) is 0 Å². The number of aromatic nitrogens is 2. The lowest BCUT2D eigenvalue weighted by atomic mass is 9.54. The van der Waals surface area contributed by atoms with E-state index in [0.29, 0.717) is 13.0 Å². The summed E-state index contributed by atoms with van der Waals surface area (Å²) in [6.07, 6.45) is 2.38. The van der Waals surface area contributed by atoms with Crippen LogP contribution in [0.15, 0.2) is 6.20 Å². The van der Waals surface area contributed by atoms with Gasteiger partial charge in [0.25, 0.3) is 0 Å². The van der Waals surface area contributed by atoms with Crippen molar-refractivity contribution < 1.29 is 9.53 Å². The molecule has 6 nitrogen and oxygen atoms in total. The van der Waals surface area contributed by atoms with Gasteiger partial charge in [-0.2, -0.15) is 5.10 Å². The van der Waals surface area contributed by atoms with Gasteiger partial charge in [-0.15, -0.1) is 0 Å². The highest BCUT2D eigenvalue weighted by atomic mass is 16.5. The van der Waals surface area contributed by atoms with Gasteiger partial charge >= 0.3 is 0 Å². The highest BCUT2D eigenvalue weighted by Gasteiger charge is 2.62. The lowest BCUT2D eigenvalue weighted by Gasteiger charge is -2.57. The van der Waals surface area contributed by atoms with Gasteiger partial charge in [0.15, 0.2) is 0 Å². The predicted molar refractivity (Wildman–Crippen MR) is 85.2 cm³/mol. The first-order valence-corrected chi connectivity index (χ1v) is 7.85. The molecule has 0 saturated heterocycles. The quantitative estimate of drug-likeness (QED) is 0.862. The SMILES string of the molecule is CCOC1CC(N)(C(=O)NC(C)c2cnn(C)c2C)C1(C)C. The molecule has 0 radical (unpaired) electrons. The molecule has 3 N–H and O–H groups in total. The maximum absolute atomic E-state index is 12.7. The Bertz CT molecular complexity index is 566. The number of rotatable bonds is 5. The number of nitrogens with one attached hydrogen (secondary N) is 1. The normalized spacial score (nSPS) is 28.0. The van der Waals surface area contributed by atoms with Crippen molar-refractivity contribution in [2.24, 2.45) is 18.2 Å². The van der Waals surface area contributed by atoms with Gasteiger partial charge in [-0.25, -0.2) is 0 Å². The first-order chi connectivity index (χ1) is 10.1. The number of hydrogen-bond acceptors (Lipinski definition) is 4. The molecule has 22 heavy (non-hydrogen) atoms. The monoisotopic (exact) mass is 308 g/mol. The summed E-state index contributed by atoms with van der Waals surface area (Å²) < 4.78 is 7.48. The van der Waals surface area contributed by atoms with E-state index in [4.69, 9.17) is 10.5 Å². The Morgan fingerprint density at radius 3 is 2.73 bits per heavy atom. The Labute approximate surface area is 132 Å². The third-order valence-electron chi connectivity index (χ3n) is 5.32. The van der Waals surface area contributed by atoms with E-state index in [9.17, 15) is 4.79 Å². The van der Waals surface area contributed by atoms with Gasteiger partial charge in [0.05, 0.1) is 18.3 Å². The van der Waals surface area contributed by atoms with E-state index in [1.165, 1.54) is 0 Å². The zero-order chi connectivity index (χ0) is 16.7. The van der Waals surface area contributed by atoms with Crippen LogP contribution in [0.25, 0.3) is 0 Å². The third kappa shape index (κ3) is 2.44. The summed E-state index contributed by atoms with van der Waals surface area (Å²) >= 11 is 0. The van der Waals surface area contributed by atoms with Crippen LogP contribution >= 0.6 is 0 Å². The Kier molecular flexibility index (Phi) is 4.37. The summed E-state index contributed by atoms with van der Waals surface area (Å²) in [5, 5.41) is 7.26. The number of hydrogen-bond donors (Lipinski definition) is 2. The fourth-order valence-electron chi connectivity index (χ4n) is 3.16. The number of ether oxygens (including phenoxy) is 1. The van der Waals surface area contributed by atoms with Crippen LogP contribution in [0.1, 0.15) is 51.4 Å². The average molecular weight is 308 g/mol. The van der Waals surface area contributed by atoms with Crippen LogP contribution in [0.3, 0.4) is 0 Å². The van der Waals surface area contributed by atoms with Crippen molar-refractivity contribution >= 4 is 5.91 Å². The minimum absolute atomic E-state index is 0.0312. The highest BCUT2D eigenvalue weighted by Crippen LogP contribution is 2.50. The maximum atomic E-state index is 12.7. The molecule has 1 fully saturated rings. The van der Waals surface area contributed by atoms with Gasteiger partial charge in [-0.05, 0) is 20.8 Å². The Balaban J connectivity index is 2.08. The van der Waals surface area contributed by atoms with Crippen molar-refractivity contribution in [1.82, 2.24) is 15.1 Å². The van der Waals surface area contributed by atoms with Crippen molar-refractivity contribution in [1.29, 1.82) is 0 Å². The number of aryl methyl sites for hydroxylation is 1. The molecule has 1 amide bonds. The zero-order valence-corrected chi connectivity index (χ0v) is 14.4. The highest BCUT2D eigenvalue weighted by molar-refractivity contribution is 5.89. The van der Waals surface area contributed by atoms with Crippen molar-refractivity contribution in [2.75, 3.05) is 6.61 Å². The molecule has 6 heteroatoms. The molecule has 0 spiro atoms. The number of nitrogens with two attached hydrogens (primary N) is 1. The van der Waals surface area contributed by atoms with E-state index in [0.717, 1.165) is 11.3 Å². The lowest BCUT2D eigenvalue weighted by Crippen LogP contribution is -2.75. The molecule has 3 unspecified atom stereocenters. The second-order valence-corrected chi connectivity index (χ2v) is 6.85. The van der Waals surface area contributed by atoms with Crippen molar-refractivity contribution in [3.63, 3.8) is 0 Å². The molecule has 3 atom stereocenters. The molecule has 1 aliphatic rings. The Hall–Kier alpha value is -1.40. The summed E-state index contributed by atoms with van der Waals surface area (Å²) in [5.74, 6) is -0.121. The van der Waals surface area contributed by atoms with Gasteiger partial charge in [0.1, 0.15) is 5.54 Å². The molecular weight excluding hydrogens is 280 g/mol. The number of carbonyl (C=O) groups is 1. The zero-order valence-electron chi connectivity index (χ0n) is 14.4. The molecule has 2 rings (SSSR count). The van der Waals surface area contributed by atoms with Crippen molar-refractivity contribution in [3.05, 3.63) is 17.5 Å². The maximum Gasteiger partial charge on any atom is 0.241 e. The van der Waals surface area contributed by atoms with Crippen LogP contribution in [0.4, 0.5) is 0 Å². The van der Waals surface area contributed by atoms with E-state index >= 15 is 0 Å². The molecule has 124 valence electrons. The number of carbonyl (C=O) groups excluding carboxylic acids is 1. The first-order valence-electron chi connectivity index (χ1n) is 7.85. The molecule has 1 aromatic rings. The molecule has 0 aliphatic heterocycles. The molecule has 1 saturated carbocycles. The third-order valence-corrected chi connectivity index (χ3v) is 5.32. The fraction of sp³-hybridized carbons (Fsp3) is 0.750. The Morgan fingerprint density at radius 2 is 2.27 bits per heavy atom. The van der Waals surface area contributed by atoms with Gasteiger partial charge in [0.2, 0.25) is 5.91 Å². The van der Waals surface area contributed by atoms with E-state index in [-0.39, 0.29) is 23.5 Å². The van der Waals surface area contributed by atoms with Crippen molar-refractivity contribution in [2.45, 2.75) is 58.7 Å². The van der Waals surface area contributed by atoms with E-state index in [1.54, 1.807) is 10.9 Å². The Morgan fingerprint density at radius 1 is 1.64 bits per heavy atom. The van der Waals surface area contributed by atoms with Crippen LogP contribution in [0.2, 0.25) is 0 Å². The molecule has 1 heterocycles. The van der Waals surface area contributed by atoms with E-state index < -0.39 is 5.54 Å². The van der Waals surface area contributed by atoms with Crippen LogP contribution in [0, 0.1) is 12.3 Å². The van der Waals surface area contributed by atoms with E-state index in [1.807, 2.05) is 41.7 Å². The predicted octanol–water partition coefficient (Wildman–Crippen LogP) is 1.44. The molecular formula is C16H28N4O2. The van der Waals surface area contributed by atoms with Gasteiger partial charge in [-0.3, -0.25) is 9.48 Å². The lowest BCUT2D eigenvalue weighted by molar-refractivity contribution is -0.171. The molecule has 0 bridgehead atoms. The summed E-state index contributed by atoms with van der Waals surface area (Å²) in [6, 6.07) is -0.122. The summed E-state index contributed by atoms with van der Waals surface area (Å²) in [4.78, 5) is 12.7. The molecule has 1 aliphatic carbocycles. The smallest absolute Gasteiger partial charge is 0.241 e. The summed E-state index contributed by atoms with van der Waals surface area (Å²) in [7, 11) is 1.89. The van der Waals surface area contributed by atoms with Crippen LogP contribution in [0.5, 0.6) is 0 Å². The molecule has 0 aromatic carbocycles. The standard InChI is InChI=1S/C16H28N4O2/c1-7-22-13-8-16(17,15(13,4)5)14(21)19-10(2)12-9-18-20(6)11(12)3/h9-10,13H,7-8,17H2,1-6H3,(H,19,21). The fourth-order valence-corrected chi connectivity index (χ4v) is 3.16. The van der Waals surface area contributed by atoms with Crippen LogP contribution in [-0.4, -0.2) is 33.9 Å². The second-order valence-electron chi connectivity index (χ2n) is 6.85. The van der Waals surface area contributed by atoms with Crippen LogP contribution < -0.4 is 11.1 Å². The van der Waals surface area contributed by atoms with Gasteiger partial charge < -0.3 is 15.8 Å². The number of amides is 1. The number of nitrogens with zero attached hydrogens (tertiary/aromatic N) is 2. The average Bonchev–Trinajstić information content (AvgIpc) is 2.78. The summed E-state index contributed by atoms with van der Waals surface area (Å²) in [6.45, 7) is 10.5. The van der Waals surface area contributed by atoms with Gasteiger partial charge in [-0.1, -0.05) is 13.8 Å². The largest absolute Gasteiger partial charge is 0.378 e.